The summed E-state index contributed by atoms with van der Waals surface area (Å²) in [4.78, 5) is 15.8. The van der Waals surface area contributed by atoms with Gasteiger partial charge in [-0.1, -0.05) is 48.0 Å². The zero-order valence-corrected chi connectivity index (χ0v) is 17.2. The first-order chi connectivity index (χ1) is 14.6. The summed E-state index contributed by atoms with van der Waals surface area (Å²) >= 11 is 6.34. The van der Waals surface area contributed by atoms with Crippen LogP contribution in [-0.4, -0.2) is 45.6 Å². The van der Waals surface area contributed by atoms with Gasteiger partial charge in [0.05, 0.1) is 5.69 Å². The molecule has 2 aromatic carbocycles. The number of aromatic carboxylic acids is 1. The summed E-state index contributed by atoms with van der Waals surface area (Å²) < 4.78 is 6.17. The molecule has 1 aromatic heterocycles. The molecule has 0 amide bonds. The van der Waals surface area contributed by atoms with Crippen molar-refractivity contribution in [3.8, 4) is 5.75 Å². The maximum atomic E-state index is 11.4. The average Bonchev–Trinajstić information content (AvgIpc) is 2.79. The van der Waals surface area contributed by atoms with E-state index in [4.69, 9.17) is 16.3 Å². The first kappa shape index (κ1) is 23.6. The zero-order valence-electron chi connectivity index (χ0n) is 16.5. The number of rotatable bonds is 6. The van der Waals surface area contributed by atoms with E-state index in [1.54, 1.807) is 6.07 Å². The van der Waals surface area contributed by atoms with Gasteiger partial charge in [-0.15, -0.1) is 0 Å². The van der Waals surface area contributed by atoms with Gasteiger partial charge in [-0.05, 0) is 72.7 Å². The van der Waals surface area contributed by atoms with Gasteiger partial charge in [0.1, 0.15) is 18.1 Å². The number of carboxylic acids is 1. The Bertz CT molecular complexity index is 1100. The number of aromatic nitrogens is 1. The maximum absolute atomic E-state index is 11.4. The van der Waals surface area contributed by atoms with Crippen LogP contribution in [0.1, 0.15) is 53.0 Å². The standard InChI is InChI=1S/C25H22ClNO3.Na.H/c26-18-13-14-24(30-16-17-7-2-1-3-8-17)21(15-18)19-9-4-5-10-20(19)22-11-6-12-23(27-22)25(28)29;;/h1-3,6-8,11-15H,4-5,9-10,16H2,(H,28,29);;. The van der Waals surface area contributed by atoms with Gasteiger partial charge in [-0.2, -0.15) is 0 Å². The third kappa shape index (κ3) is 5.78. The molecule has 1 aliphatic rings. The molecule has 31 heavy (non-hydrogen) atoms. The molecule has 0 spiro atoms. The summed E-state index contributed by atoms with van der Waals surface area (Å²) in [6.07, 6.45) is 3.81. The van der Waals surface area contributed by atoms with Crippen LogP contribution >= 0.6 is 11.6 Å². The predicted molar refractivity (Wildman–Crippen MR) is 126 cm³/mol. The summed E-state index contributed by atoms with van der Waals surface area (Å²) in [6.45, 7) is 0.463. The third-order valence-electron chi connectivity index (χ3n) is 5.25. The van der Waals surface area contributed by atoms with E-state index in [-0.39, 0.29) is 35.3 Å². The fraction of sp³-hybridized carbons (Fsp3) is 0.200. The molecule has 4 rings (SSSR count). The van der Waals surface area contributed by atoms with Gasteiger partial charge in [-0.25, -0.2) is 9.78 Å². The number of carboxylic acid groups (broad SMARTS) is 1. The zero-order chi connectivity index (χ0) is 20.9. The second kappa shape index (κ2) is 11.0. The Balaban J connectivity index is 0.00000272. The summed E-state index contributed by atoms with van der Waals surface area (Å²) in [7, 11) is 0. The Labute approximate surface area is 209 Å². The van der Waals surface area contributed by atoms with Crippen molar-refractivity contribution in [2.45, 2.75) is 32.3 Å². The van der Waals surface area contributed by atoms with Crippen molar-refractivity contribution >= 4 is 58.3 Å². The van der Waals surface area contributed by atoms with Crippen LogP contribution in [0.5, 0.6) is 5.75 Å². The van der Waals surface area contributed by atoms with E-state index in [1.807, 2.05) is 54.6 Å². The van der Waals surface area contributed by atoms with Crippen molar-refractivity contribution in [3.63, 3.8) is 0 Å². The van der Waals surface area contributed by atoms with Gasteiger partial charge in [-0.3, -0.25) is 0 Å². The molecule has 0 unspecified atom stereocenters. The number of benzene rings is 2. The second-order valence-corrected chi connectivity index (χ2v) is 7.73. The Morgan fingerprint density at radius 1 is 0.968 bits per heavy atom. The van der Waals surface area contributed by atoms with E-state index < -0.39 is 5.97 Å². The van der Waals surface area contributed by atoms with Crippen molar-refractivity contribution in [1.29, 1.82) is 0 Å². The van der Waals surface area contributed by atoms with Crippen LogP contribution in [0.2, 0.25) is 5.02 Å². The van der Waals surface area contributed by atoms with Gasteiger partial charge < -0.3 is 9.84 Å². The molecule has 3 aromatic rings. The Morgan fingerprint density at radius 2 is 1.71 bits per heavy atom. The number of allylic oxidation sites excluding steroid dienone is 2. The third-order valence-corrected chi connectivity index (χ3v) is 5.48. The van der Waals surface area contributed by atoms with Gasteiger partial charge in [0, 0.05) is 10.6 Å². The number of ether oxygens (including phenoxy) is 1. The van der Waals surface area contributed by atoms with E-state index in [9.17, 15) is 9.90 Å². The number of halogens is 1. The van der Waals surface area contributed by atoms with E-state index in [1.165, 1.54) is 6.07 Å². The van der Waals surface area contributed by atoms with Crippen molar-refractivity contribution in [2.75, 3.05) is 0 Å². The fourth-order valence-corrected chi connectivity index (χ4v) is 3.98. The molecule has 4 nitrogen and oxygen atoms in total. The summed E-state index contributed by atoms with van der Waals surface area (Å²) in [5.41, 5.74) is 5.00. The Hall–Kier alpha value is -2.11. The number of carbonyl (C=O) groups is 1. The van der Waals surface area contributed by atoms with Crippen LogP contribution in [0.3, 0.4) is 0 Å². The van der Waals surface area contributed by atoms with Crippen LogP contribution in [0, 0.1) is 0 Å². The average molecular weight is 444 g/mol. The molecule has 0 fully saturated rings. The molecule has 0 saturated heterocycles. The molecule has 0 aliphatic heterocycles. The molecule has 0 atom stereocenters. The number of nitrogens with zero attached hydrogens (tertiary/aromatic N) is 1. The summed E-state index contributed by atoms with van der Waals surface area (Å²) in [6, 6.07) is 20.8. The predicted octanol–water partition coefficient (Wildman–Crippen LogP) is 5.85. The van der Waals surface area contributed by atoms with Gasteiger partial charge in [0.25, 0.3) is 0 Å². The van der Waals surface area contributed by atoms with Crippen molar-refractivity contribution < 1.29 is 14.6 Å². The van der Waals surface area contributed by atoms with Gasteiger partial charge >= 0.3 is 35.5 Å². The molecule has 0 saturated carbocycles. The quantitative estimate of drug-likeness (QED) is 0.485. The van der Waals surface area contributed by atoms with E-state index in [0.29, 0.717) is 17.3 Å². The molecule has 0 radical (unpaired) electrons. The van der Waals surface area contributed by atoms with Crippen molar-refractivity contribution in [2.24, 2.45) is 0 Å². The SMILES string of the molecule is O=C(O)c1cccc(C2=C(c3cc(Cl)ccc3OCc3ccccc3)CCCC2)n1.[NaH]. The van der Waals surface area contributed by atoms with E-state index in [2.05, 4.69) is 4.98 Å². The van der Waals surface area contributed by atoms with Crippen LogP contribution in [-0.2, 0) is 6.61 Å². The topological polar surface area (TPSA) is 59.4 Å². The fourth-order valence-electron chi connectivity index (χ4n) is 3.81. The second-order valence-electron chi connectivity index (χ2n) is 7.29. The number of hydrogen-bond donors (Lipinski definition) is 1. The normalized spacial score (nSPS) is 13.5. The van der Waals surface area contributed by atoms with Crippen LogP contribution in [0.4, 0.5) is 0 Å². The molecule has 1 aliphatic carbocycles. The molecule has 0 bridgehead atoms. The van der Waals surface area contributed by atoms with Crippen LogP contribution < -0.4 is 4.74 Å². The first-order valence-electron chi connectivity index (χ1n) is 10.0. The molecule has 6 heteroatoms. The van der Waals surface area contributed by atoms with Crippen molar-refractivity contribution in [3.05, 3.63) is 94.3 Å². The first-order valence-corrected chi connectivity index (χ1v) is 10.4. The van der Waals surface area contributed by atoms with E-state index in [0.717, 1.165) is 53.7 Å². The summed E-state index contributed by atoms with van der Waals surface area (Å²) in [5, 5.41) is 9.97. The Morgan fingerprint density at radius 3 is 2.45 bits per heavy atom. The van der Waals surface area contributed by atoms with Crippen LogP contribution in [0.25, 0.3) is 11.1 Å². The molecule has 154 valence electrons. The monoisotopic (exact) mass is 443 g/mol. The molecular weight excluding hydrogens is 421 g/mol. The summed E-state index contributed by atoms with van der Waals surface area (Å²) in [5.74, 6) is -0.253. The Kier molecular flexibility index (Phi) is 8.33. The molecule has 1 N–H and O–H groups in total. The molecule has 1 heterocycles. The van der Waals surface area contributed by atoms with Crippen LogP contribution in [0.15, 0.2) is 66.7 Å². The van der Waals surface area contributed by atoms with Gasteiger partial charge in [0.2, 0.25) is 0 Å². The number of hydrogen-bond acceptors (Lipinski definition) is 3. The van der Waals surface area contributed by atoms with E-state index >= 15 is 0 Å². The number of pyridine rings is 1. The minimum absolute atomic E-state index is 0. The van der Waals surface area contributed by atoms with Crippen molar-refractivity contribution in [1.82, 2.24) is 4.98 Å². The van der Waals surface area contributed by atoms with Gasteiger partial charge in [0.15, 0.2) is 0 Å². The molecular formula is C25H23ClNNaO3. The minimum atomic E-state index is -1.02.